The maximum Gasteiger partial charge on any atom is 0.0697 e. The third kappa shape index (κ3) is 1.25. The predicted molar refractivity (Wildman–Crippen MR) is 48.2 cm³/mol. The highest BCUT2D eigenvalue weighted by atomic mass is 15.3. The summed E-state index contributed by atoms with van der Waals surface area (Å²) in [7, 11) is 1.98. The van der Waals surface area contributed by atoms with Crippen LogP contribution >= 0.6 is 0 Å². The van der Waals surface area contributed by atoms with E-state index in [1.54, 1.807) is 0 Å². The van der Waals surface area contributed by atoms with E-state index in [0.29, 0.717) is 5.92 Å². The molecule has 66 valence electrons. The molecule has 1 unspecified atom stereocenters. The van der Waals surface area contributed by atoms with Crippen molar-refractivity contribution < 1.29 is 0 Å². The molecule has 1 aromatic heterocycles. The van der Waals surface area contributed by atoms with Crippen molar-refractivity contribution in [3.8, 4) is 0 Å². The molecular formula is C9H15N3. The SMILES string of the molecule is Cc1cn(C)nc1C1CCNC1. The molecule has 1 aliphatic heterocycles. The fourth-order valence-electron chi connectivity index (χ4n) is 1.92. The lowest BCUT2D eigenvalue weighted by Crippen LogP contribution is -2.09. The first-order valence-electron chi connectivity index (χ1n) is 4.48. The summed E-state index contributed by atoms with van der Waals surface area (Å²) in [5, 5.41) is 7.83. The molecule has 1 atom stereocenters. The van der Waals surface area contributed by atoms with Gasteiger partial charge in [0.1, 0.15) is 0 Å². The van der Waals surface area contributed by atoms with Crippen LogP contribution in [0.2, 0.25) is 0 Å². The lowest BCUT2D eigenvalue weighted by atomic mass is 10.0. The Balaban J connectivity index is 2.25. The van der Waals surface area contributed by atoms with Crippen molar-refractivity contribution in [3.63, 3.8) is 0 Å². The number of nitrogens with zero attached hydrogens (tertiary/aromatic N) is 2. The first kappa shape index (κ1) is 7.80. The van der Waals surface area contributed by atoms with Crippen LogP contribution in [0.3, 0.4) is 0 Å². The van der Waals surface area contributed by atoms with Gasteiger partial charge in [0.2, 0.25) is 0 Å². The highest BCUT2D eigenvalue weighted by molar-refractivity contribution is 5.20. The third-order valence-electron chi connectivity index (χ3n) is 2.50. The van der Waals surface area contributed by atoms with E-state index < -0.39 is 0 Å². The Morgan fingerprint density at radius 1 is 1.67 bits per heavy atom. The number of hydrogen-bond donors (Lipinski definition) is 1. The average Bonchev–Trinajstić information content (AvgIpc) is 2.58. The number of aryl methyl sites for hydroxylation is 2. The number of hydrogen-bond acceptors (Lipinski definition) is 2. The minimum Gasteiger partial charge on any atom is -0.316 e. The van der Waals surface area contributed by atoms with Crippen molar-refractivity contribution >= 4 is 0 Å². The van der Waals surface area contributed by atoms with Gasteiger partial charge in [-0.05, 0) is 25.5 Å². The minimum atomic E-state index is 0.645. The van der Waals surface area contributed by atoms with Gasteiger partial charge in [0.05, 0.1) is 5.69 Å². The van der Waals surface area contributed by atoms with Crippen LogP contribution in [-0.4, -0.2) is 22.9 Å². The van der Waals surface area contributed by atoms with E-state index in [1.165, 1.54) is 17.7 Å². The number of rotatable bonds is 1. The predicted octanol–water partition coefficient (Wildman–Crippen LogP) is 0.805. The van der Waals surface area contributed by atoms with Gasteiger partial charge in [-0.3, -0.25) is 4.68 Å². The van der Waals surface area contributed by atoms with Crippen molar-refractivity contribution in [2.75, 3.05) is 13.1 Å². The van der Waals surface area contributed by atoms with E-state index in [9.17, 15) is 0 Å². The van der Waals surface area contributed by atoms with Crippen LogP contribution in [0.25, 0.3) is 0 Å². The molecule has 0 spiro atoms. The molecule has 0 saturated carbocycles. The summed E-state index contributed by atoms with van der Waals surface area (Å²) in [6.07, 6.45) is 3.32. The maximum atomic E-state index is 4.47. The summed E-state index contributed by atoms with van der Waals surface area (Å²) in [6.45, 7) is 4.37. The molecule has 1 fully saturated rings. The Hall–Kier alpha value is -0.830. The van der Waals surface area contributed by atoms with Gasteiger partial charge in [0, 0.05) is 25.7 Å². The smallest absolute Gasteiger partial charge is 0.0697 e. The zero-order chi connectivity index (χ0) is 8.55. The van der Waals surface area contributed by atoms with Gasteiger partial charge >= 0.3 is 0 Å². The first-order chi connectivity index (χ1) is 5.77. The molecule has 3 nitrogen and oxygen atoms in total. The number of nitrogens with one attached hydrogen (secondary N) is 1. The van der Waals surface area contributed by atoms with Crippen LogP contribution in [0.5, 0.6) is 0 Å². The monoisotopic (exact) mass is 165 g/mol. The molecule has 0 radical (unpaired) electrons. The molecule has 0 aromatic carbocycles. The van der Waals surface area contributed by atoms with Gasteiger partial charge in [-0.25, -0.2) is 0 Å². The summed E-state index contributed by atoms with van der Waals surface area (Å²) in [4.78, 5) is 0. The van der Waals surface area contributed by atoms with E-state index in [4.69, 9.17) is 0 Å². The van der Waals surface area contributed by atoms with Gasteiger partial charge in [-0.2, -0.15) is 5.10 Å². The fourth-order valence-corrected chi connectivity index (χ4v) is 1.92. The third-order valence-corrected chi connectivity index (χ3v) is 2.50. The molecule has 2 rings (SSSR count). The van der Waals surface area contributed by atoms with Crippen molar-refractivity contribution in [1.29, 1.82) is 0 Å². The van der Waals surface area contributed by atoms with Gasteiger partial charge in [-0.15, -0.1) is 0 Å². The normalized spacial score (nSPS) is 23.3. The van der Waals surface area contributed by atoms with Crippen LogP contribution < -0.4 is 5.32 Å². The Morgan fingerprint density at radius 2 is 2.50 bits per heavy atom. The molecular weight excluding hydrogens is 150 g/mol. The summed E-state index contributed by atoms with van der Waals surface area (Å²) in [6, 6.07) is 0. The second-order valence-corrected chi connectivity index (χ2v) is 3.56. The van der Waals surface area contributed by atoms with Crippen LogP contribution in [0.15, 0.2) is 6.20 Å². The van der Waals surface area contributed by atoms with Gasteiger partial charge in [0.25, 0.3) is 0 Å². The molecule has 2 heterocycles. The zero-order valence-electron chi connectivity index (χ0n) is 7.67. The lowest BCUT2D eigenvalue weighted by molar-refractivity contribution is 0.679. The molecule has 0 aliphatic carbocycles. The molecule has 1 aromatic rings. The Labute approximate surface area is 72.8 Å². The van der Waals surface area contributed by atoms with Gasteiger partial charge in [0.15, 0.2) is 0 Å². The molecule has 1 aliphatic rings. The molecule has 0 bridgehead atoms. The van der Waals surface area contributed by atoms with Crippen LogP contribution in [-0.2, 0) is 7.05 Å². The number of aromatic nitrogens is 2. The highest BCUT2D eigenvalue weighted by Crippen LogP contribution is 2.23. The van der Waals surface area contributed by atoms with Crippen LogP contribution in [0.1, 0.15) is 23.6 Å². The Kier molecular flexibility index (Phi) is 1.89. The molecule has 0 amide bonds. The largest absolute Gasteiger partial charge is 0.316 e. The van der Waals surface area contributed by atoms with E-state index in [1.807, 2.05) is 11.7 Å². The van der Waals surface area contributed by atoms with Gasteiger partial charge in [-0.1, -0.05) is 0 Å². The van der Waals surface area contributed by atoms with Gasteiger partial charge < -0.3 is 5.32 Å². The van der Waals surface area contributed by atoms with Crippen molar-refractivity contribution in [3.05, 3.63) is 17.5 Å². The molecule has 1 saturated heterocycles. The quantitative estimate of drug-likeness (QED) is 0.667. The van der Waals surface area contributed by atoms with E-state index in [0.717, 1.165) is 13.1 Å². The Morgan fingerprint density at radius 3 is 3.00 bits per heavy atom. The zero-order valence-corrected chi connectivity index (χ0v) is 7.67. The van der Waals surface area contributed by atoms with E-state index >= 15 is 0 Å². The van der Waals surface area contributed by atoms with E-state index in [2.05, 4.69) is 23.5 Å². The summed E-state index contributed by atoms with van der Waals surface area (Å²) < 4.78 is 1.91. The highest BCUT2D eigenvalue weighted by Gasteiger charge is 2.20. The maximum absolute atomic E-state index is 4.47. The second-order valence-electron chi connectivity index (χ2n) is 3.56. The minimum absolute atomic E-state index is 0.645. The second kappa shape index (κ2) is 2.90. The summed E-state index contributed by atoms with van der Waals surface area (Å²) in [5.74, 6) is 0.645. The standard InChI is InChI=1S/C9H15N3/c1-7-6-12(2)11-9(7)8-3-4-10-5-8/h6,8,10H,3-5H2,1-2H3. The fraction of sp³-hybridized carbons (Fsp3) is 0.667. The van der Waals surface area contributed by atoms with Crippen molar-refractivity contribution in [2.45, 2.75) is 19.3 Å². The van der Waals surface area contributed by atoms with Crippen LogP contribution in [0.4, 0.5) is 0 Å². The average molecular weight is 165 g/mol. The summed E-state index contributed by atoms with van der Waals surface area (Å²) in [5.41, 5.74) is 2.61. The van der Waals surface area contributed by atoms with E-state index in [-0.39, 0.29) is 0 Å². The summed E-state index contributed by atoms with van der Waals surface area (Å²) >= 11 is 0. The lowest BCUT2D eigenvalue weighted by Gasteiger charge is -2.04. The molecule has 3 heteroatoms. The van der Waals surface area contributed by atoms with Crippen molar-refractivity contribution in [2.24, 2.45) is 7.05 Å². The topological polar surface area (TPSA) is 29.9 Å². The Bertz CT molecular complexity index is 271. The van der Waals surface area contributed by atoms with Crippen LogP contribution in [0, 0.1) is 6.92 Å². The van der Waals surface area contributed by atoms with Crippen molar-refractivity contribution in [1.82, 2.24) is 15.1 Å². The molecule has 12 heavy (non-hydrogen) atoms. The molecule has 1 N–H and O–H groups in total. The first-order valence-corrected chi connectivity index (χ1v) is 4.48.